The minimum Gasteiger partial charge on any atom is -0.375 e. The second-order valence-electron chi connectivity index (χ2n) is 8.57. The number of pyridine rings is 1. The molecule has 4 rings (SSSR count). The Morgan fingerprint density at radius 1 is 1.28 bits per heavy atom. The molecule has 2 aliphatic carbocycles. The molecule has 3 atom stereocenters. The first-order valence-corrected chi connectivity index (χ1v) is 10.4. The summed E-state index contributed by atoms with van der Waals surface area (Å²) in [5, 5.41) is 3.13. The highest BCUT2D eigenvalue weighted by Crippen LogP contribution is 2.41. The molecule has 3 aliphatic rings. The van der Waals surface area contributed by atoms with E-state index in [9.17, 15) is 4.79 Å². The fourth-order valence-corrected chi connectivity index (χ4v) is 5.07. The number of carbonyl (C=O) groups is 1. The maximum Gasteiger partial charge on any atom is 0.223 e. The van der Waals surface area contributed by atoms with Gasteiger partial charge in [-0.1, -0.05) is 12.5 Å². The summed E-state index contributed by atoms with van der Waals surface area (Å²) in [5.74, 6) is 2.36. The zero-order valence-corrected chi connectivity index (χ0v) is 18.7. The molecule has 3 fully saturated rings. The van der Waals surface area contributed by atoms with Gasteiger partial charge in [0, 0.05) is 37.8 Å². The number of morpholine rings is 1. The van der Waals surface area contributed by atoms with Crippen LogP contribution >= 0.6 is 24.8 Å². The first kappa shape index (κ1) is 24.2. The third-order valence-electron chi connectivity index (χ3n) is 6.62. The van der Waals surface area contributed by atoms with E-state index < -0.39 is 0 Å². The Kier molecular flexibility index (Phi) is 9.01. The van der Waals surface area contributed by atoms with Gasteiger partial charge in [-0.25, -0.2) is 4.98 Å². The maximum atomic E-state index is 12.7. The third-order valence-corrected chi connectivity index (χ3v) is 6.62. The summed E-state index contributed by atoms with van der Waals surface area (Å²) < 4.78 is 5.58. The molecule has 1 amide bonds. The van der Waals surface area contributed by atoms with Gasteiger partial charge >= 0.3 is 0 Å². The van der Waals surface area contributed by atoms with Gasteiger partial charge in [-0.2, -0.15) is 0 Å². The Hall–Kier alpha value is -1.08. The van der Waals surface area contributed by atoms with Gasteiger partial charge in [0.05, 0.1) is 12.7 Å². The minimum absolute atomic E-state index is 0. The molecule has 3 unspecified atom stereocenters. The Bertz CT molecular complexity index is 647. The molecule has 8 heteroatoms. The van der Waals surface area contributed by atoms with E-state index in [-0.39, 0.29) is 42.7 Å². The lowest BCUT2D eigenvalue weighted by molar-refractivity contribution is -0.128. The number of hydrogen-bond acceptors (Lipinski definition) is 5. The molecule has 2 bridgehead atoms. The number of nitrogens with two attached hydrogens (primary N) is 1. The molecule has 2 heterocycles. The molecule has 1 saturated heterocycles. The highest BCUT2D eigenvalue weighted by Gasteiger charge is 2.40. The number of halogens is 2. The molecule has 1 aliphatic heterocycles. The van der Waals surface area contributed by atoms with Crippen LogP contribution in [0.3, 0.4) is 0 Å². The number of carbonyl (C=O) groups excluding carboxylic acids is 1. The molecule has 1 aromatic rings. The molecular formula is C21H34Cl2N4O2. The summed E-state index contributed by atoms with van der Waals surface area (Å²) in [6.45, 7) is 5.12. The van der Waals surface area contributed by atoms with E-state index in [0.717, 1.165) is 43.9 Å². The van der Waals surface area contributed by atoms with Crippen molar-refractivity contribution in [3.63, 3.8) is 0 Å². The predicted octanol–water partition coefficient (Wildman–Crippen LogP) is 2.92. The number of ether oxygens (including phenoxy) is 1. The lowest BCUT2D eigenvalue weighted by atomic mass is 9.65. The summed E-state index contributed by atoms with van der Waals surface area (Å²) in [6.07, 6.45) is 7.67. The van der Waals surface area contributed by atoms with E-state index in [1.54, 1.807) is 0 Å². The van der Waals surface area contributed by atoms with Crippen molar-refractivity contribution in [1.29, 1.82) is 0 Å². The van der Waals surface area contributed by atoms with Crippen LogP contribution < -0.4 is 16.0 Å². The van der Waals surface area contributed by atoms with Gasteiger partial charge < -0.3 is 20.7 Å². The molecule has 0 radical (unpaired) electrons. The fraction of sp³-hybridized carbons (Fsp3) is 0.714. The van der Waals surface area contributed by atoms with Gasteiger partial charge in [0.2, 0.25) is 5.91 Å². The van der Waals surface area contributed by atoms with Gasteiger partial charge in [-0.05, 0) is 56.1 Å². The number of nitrogens with zero attached hydrogens (tertiary/aromatic N) is 2. The van der Waals surface area contributed by atoms with Crippen LogP contribution in [0.1, 0.15) is 44.6 Å². The van der Waals surface area contributed by atoms with Crippen molar-refractivity contribution in [2.75, 3.05) is 24.6 Å². The summed E-state index contributed by atoms with van der Waals surface area (Å²) in [6, 6.07) is 4.42. The van der Waals surface area contributed by atoms with Crippen LogP contribution in [-0.2, 0) is 16.1 Å². The average Bonchev–Trinajstić information content (AvgIpc) is 2.66. The van der Waals surface area contributed by atoms with Crippen molar-refractivity contribution in [2.24, 2.45) is 23.5 Å². The largest absolute Gasteiger partial charge is 0.375 e. The fourth-order valence-electron chi connectivity index (χ4n) is 5.07. The van der Waals surface area contributed by atoms with Gasteiger partial charge in [0.1, 0.15) is 5.82 Å². The average molecular weight is 445 g/mol. The highest BCUT2D eigenvalue weighted by atomic mass is 35.5. The van der Waals surface area contributed by atoms with Crippen LogP contribution in [0.5, 0.6) is 0 Å². The Labute approximate surface area is 186 Å². The molecule has 29 heavy (non-hydrogen) atoms. The number of anilines is 1. The lowest BCUT2D eigenvalue weighted by Crippen LogP contribution is -2.49. The van der Waals surface area contributed by atoms with E-state index in [0.29, 0.717) is 24.4 Å². The monoisotopic (exact) mass is 444 g/mol. The van der Waals surface area contributed by atoms with Gasteiger partial charge in [0.25, 0.3) is 0 Å². The van der Waals surface area contributed by atoms with Crippen LogP contribution in [-0.4, -0.2) is 42.7 Å². The van der Waals surface area contributed by atoms with E-state index >= 15 is 0 Å². The number of aromatic nitrogens is 1. The Balaban J connectivity index is 0.00000150. The minimum atomic E-state index is 0. The third kappa shape index (κ3) is 5.75. The summed E-state index contributed by atoms with van der Waals surface area (Å²) in [4.78, 5) is 19.5. The quantitative estimate of drug-likeness (QED) is 0.745. The topological polar surface area (TPSA) is 80.5 Å². The zero-order valence-electron chi connectivity index (χ0n) is 17.1. The SMILES string of the molecule is CC1CN(c2ccc(CNC(=O)C3CC4CCCC(C3)C4N)cn2)CCO1.Cl.Cl. The smallest absolute Gasteiger partial charge is 0.223 e. The normalized spacial score (nSPS) is 31.2. The van der Waals surface area contributed by atoms with Crippen LogP contribution in [0.15, 0.2) is 18.3 Å². The number of hydrogen-bond donors (Lipinski definition) is 2. The van der Waals surface area contributed by atoms with E-state index in [1.165, 1.54) is 19.3 Å². The molecule has 0 aromatic carbocycles. The first-order valence-electron chi connectivity index (χ1n) is 10.4. The predicted molar refractivity (Wildman–Crippen MR) is 120 cm³/mol. The lowest BCUT2D eigenvalue weighted by Gasteiger charge is -2.43. The molecule has 164 valence electrons. The Morgan fingerprint density at radius 3 is 2.62 bits per heavy atom. The molecule has 1 aromatic heterocycles. The van der Waals surface area contributed by atoms with Crippen LogP contribution in [0, 0.1) is 17.8 Å². The number of amides is 1. The maximum absolute atomic E-state index is 12.7. The van der Waals surface area contributed by atoms with E-state index in [2.05, 4.69) is 28.2 Å². The van der Waals surface area contributed by atoms with E-state index in [1.807, 2.05) is 12.3 Å². The summed E-state index contributed by atoms with van der Waals surface area (Å²) >= 11 is 0. The number of fused-ring (bicyclic) bond motifs is 2. The standard InChI is InChI=1S/C21H32N4O2.2ClH/c1-14-13-25(7-8-27-14)19-6-5-15(11-23-19)12-24-21(26)18-9-16-3-2-4-17(10-18)20(16)22;;/h5-6,11,14,16-18,20H,2-4,7-10,12-13,22H2,1H3,(H,24,26);2*1H. The molecule has 6 nitrogen and oxygen atoms in total. The first-order chi connectivity index (χ1) is 13.1. The van der Waals surface area contributed by atoms with Crippen molar-refractivity contribution >= 4 is 36.5 Å². The van der Waals surface area contributed by atoms with Crippen molar-refractivity contribution in [2.45, 2.75) is 57.7 Å². The van der Waals surface area contributed by atoms with Crippen LogP contribution in [0.4, 0.5) is 5.82 Å². The molecule has 3 N–H and O–H groups in total. The van der Waals surface area contributed by atoms with Crippen molar-refractivity contribution in [3.8, 4) is 0 Å². The Morgan fingerprint density at radius 2 is 2.00 bits per heavy atom. The summed E-state index contributed by atoms with van der Waals surface area (Å²) in [5.41, 5.74) is 7.39. The van der Waals surface area contributed by atoms with Crippen LogP contribution in [0.2, 0.25) is 0 Å². The summed E-state index contributed by atoms with van der Waals surface area (Å²) in [7, 11) is 0. The van der Waals surface area contributed by atoms with Gasteiger partial charge in [-0.3, -0.25) is 4.79 Å². The van der Waals surface area contributed by atoms with Gasteiger partial charge in [-0.15, -0.1) is 24.8 Å². The van der Waals surface area contributed by atoms with Crippen LogP contribution in [0.25, 0.3) is 0 Å². The number of rotatable bonds is 4. The van der Waals surface area contributed by atoms with Crippen molar-refractivity contribution < 1.29 is 9.53 Å². The number of nitrogens with one attached hydrogen (secondary N) is 1. The zero-order chi connectivity index (χ0) is 18.8. The van der Waals surface area contributed by atoms with Crippen molar-refractivity contribution in [3.05, 3.63) is 23.9 Å². The van der Waals surface area contributed by atoms with E-state index in [4.69, 9.17) is 10.5 Å². The van der Waals surface area contributed by atoms with Crippen molar-refractivity contribution in [1.82, 2.24) is 10.3 Å². The molecule has 2 saturated carbocycles. The highest BCUT2D eigenvalue weighted by molar-refractivity contribution is 5.85. The second kappa shape index (κ2) is 10.8. The van der Waals surface area contributed by atoms with Gasteiger partial charge in [0.15, 0.2) is 0 Å². The second-order valence-corrected chi connectivity index (χ2v) is 8.57. The molecule has 0 spiro atoms. The molecular weight excluding hydrogens is 411 g/mol.